The Morgan fingerprint density at radius 1 is 1.33 bits per heavy atom. The minimum absolute atomic E-state index is 0.883. The Hall–Kier alpha value is -1.31. The number of hydrogen-bond donors (Lipinski definition) is 0. The van der Waals surface area contributed by atoms with Crippen molar-refractivity contribution in [2.24, 2.45) is 5.92 Å². The minimum Gasteiger partial charge on any atom is -0.264 e. The van der Waals surface area contributed by atoms with Crippen molar-refractivity contribution >= 4 is 10.9 Å². The maximum Gasteiger partial charge on any atom is 0.0685 e. The Bertz CT molecular complexity index is 506. The molecule has 2 heteroatoms. The molecular formula is C13H16N2. The molecule has 1 saturated carbocycles. The predicted molar refractivity (Wildman–Crippen MR) is 61.9 cm³/mol. The molecule has 1 aromatic carbocycles. The molecule has 3 rings (SSSR count). The van der Waals surface area contributed by atoms with E-state index in [9.17, 15) is 0 Å². The van der Waals surface area contributed by atoms with Gasteiger partial charge in [0.1, 0.15) is 0 Å². The van der Waals surface area contributed by atoms with E-state index in [-0.39, 0.29) is 0 Å². The zero-order valence-corrected chi connectivity index (χ0v) is 9.33. The van der Waals surface area contributed by atoms with E-state index in [2.05, 4.69) is 41.8 Å². The quantitative estimate of drug-likeness (QED) is 0.728. The van der Waals surface area contributed by atoms with E-state index in [1.54, 1.807) is 0 Å². The normalized spacial score (nSPS) is 16.1. The number of benzene rings is 1. The van der Waals surface area contributed by atoms with E-state index in [4.69, 9.17) is 0 Å². The summed E-state index contributed by atoms with van der Waals surface area (Å²) in [6.07, 6.45) is 2.76. The SMILES string of the molecule is Cc1ccc2c(c1)c(C)nn2CC1CC1. The molecule has 1 aliphatic rings. The van der Waals surface area contributed by atoms with Crippen LogP contribution in [-0.4, -0.2) is 9.78 Å². The molecule has 0 atom stereocenters. The highest BCUT2D eigenvalue weighted by Gasteiger charge is 2.23. The fourth-order valence-corrected chi connectivity index (χ4v) is 2.14. The molecule has 2 nitrogen and oxygen atoms in total. The monoisotopic (exact) mass is 200 g/mol. The molecule has 0 spiro atoms. The summed E-state index contributed by atoms with van der Waals surface area (Å²) < 4.78 is 2.18. The molecule has 1 heterocycles. The van der Waals surface area contributed by atoms with Crippen molar-refractivity contribution in [1.82, 2.24) is 9.78 Å². The predicted octanol–water partition coefficient (Wildman–Crippen LogP) is 3.06. The van der Waals surface area contributed by atoms with Gasteiger partial charge in [-0.25, -0.2) is 0 Å². The lowest BCUT2D eigenvalue weighted by atomic mass is 10.1. The van der Waals surface area contributed by atoms with E-state index in [0.717, 1.165) is 18.2 Å². The van der Waals surface area contributed by atoms with E-state index in [1.807, 2.05) is 0 Å². The summed E-state index contributed by atoms with van der Waals surface area (Å²) in [5.74, 6) is 0.883. The first-order chi connectivity index (χ1) is 7.24. The molecular weight excluding hydrogens is 184 g/mol. The lowest BCUT2D eigenvalue weighted by Gasteiger charge is -2.01. The van der Waals surface area contributed by atoms with Crippen LogP contribution in [0.3, 0.4) is 0 Å². The van der Waals surface area contributed by atoms with Crippen molar-refractivity contribution in [3.8, 4) is 0 Å². The number of aromatic nitrogens is 2. The highest BCUT2D eigenvalue weighted by atomic mass is 15.3. The van der Waals surface area contributed by atoms with Gasteiger partial charge in [-0.2, -0.15) is 5.10 Å². The Morgan fingerprint density at radius 3 is 2.87 bits per heavy atom. The largest absolute Gasteiger partial charge is 0.264 e. The highest BCUT2D eigenvalue weighted by molar-refractivity contribution is 5.82. The maximum atomic E-state index is 4.63. The smallest absolute Gasteiger partial charge is 0.0685 e. The molecule has 2 aromatic rings. The fraction of sp³-hybridized carbons (Fsp3) is 0.462. The van der Waals surface area contributed by atoms with Crippen LogP contribution in [0.2, 0.25) is 0 Å². The van der Waals surface area contributed by atoms with Gasteiger partial charge >= 0.3 is 0 Å². The molecule has 0 aliphatic heterocycles. The topological polar surface area (TPSA) is 17.8 Å². The number of hydrogen-bond acceptors (Lipinski definition) is 1. The van der Waals surface area contributed by atoms with Gasteiger partial charge in [-0.3, -0.25) is 4.68 Å². The summed E-state index contributed by atoms with van der Waals surface area (Å²) in [5.41, 5.74) is 3.77. The second kappa shape index (κ2) is 3.09. The molecule has 0 amide bonds. The summed E-state index contributed by atoms with van der Waals surface area (Å²) in [6, 6.07) is 6.61. The first-order valence-electron chi connectivity index (χ1n) is 5.68. The summed E-state index contributed by atoms with van der Waals surface area (Å²) in [5, 5.41) is 5.94. The van der Waals surface area contributed by atoms with Gasteiger partial charge < -0.3 is 0 Å². The molecule has 15 heavy (non-hydrogen) atoms. The van der Waals surface area contributed by atoms with Crippen LogP contribution in [0.5, 0.6) is 0 Å². The van der Waals surface area contributed by atoms with Gasteiger partial charge in [0.2, 0.25) is 0 Å². The van der Waals surface area contributed by atoms with Crippen LogP contribution in [0.15, 0.2) is 18.2 Å². The Morgan fingerprint density at radius 2 is 2.13 bits per heavy atom. The van der Waals surface area contributed by atoms with Crippen LogP contribution in [0.1, 0.15) is 24.1 Å². The zero-order chi connectivity index (χ0) is 10.4. The molecule has 0 bridgehead atoms. The highest BCUT2D eigenvalue weighted by Crippen LogP contribution is 2.32. The van der Waals surface area contributed by atoms with Gasteiger partial charge in [0, 0.05) is 11.9 Å². The molecule has 0 unspecified atom stereocenters. The summed E-state index contributed by atoms with van der Waals surface area (Å²) in [4.78, 5) is 0. The van der Waals surface area contributed by atoms with Crippen LogP contribution >= 0.6 is 0 Å². The second-order valence-electron chi connectivity index (χ2n) is 4.73. The number of nitrogens with zero attached hydrogens (tertiary/aromatic N) is 2. The Labute approximate surface area is 89.9 Å². The molecule has 0 radical (unpaired) electrons. The van der Waals surface area contributed by atoms with Gasteiger partial charge in [-0.15, -0.1) is 0 Å². The molecule has 1 fully saturated rings. The molecule has 78 valence electrons. The van der Waals surface area contributed by atoms with Crippen molar-refractivity contribution in [3.63, 3.8) is 0 Å². The standard InChI is InChI=1S/C13H16N2/c1-9-3-6-13-12(7-9)10(2)14-15(13)8-11-4-5-11/h3,6-7,11H,4-5,8H2,1-2H3. The maximum absolute atomic E-state index is 4.63. The third-order valence-corrected chi connectivity index (χ3v) is 3.22. The van der Waals surface area contributed by atoms with Crippen LogP contribution in [0.4, 0.5) is 0 Å². The summed E-state index contributed by atoms with van der Waals surface area (Å²) in [6.45, 7) is 5.34. The Kier molecular flexibility index (Phi) is 1.84. The van der Waals surface area contributed by atoms with E-state index in [0.29, 0.717) is 0 Å². The van der Waals surface area contributed by atoms with Crippen LogP contribution in [-0.2, 0) is 6.54 Å². The lowest BCUT2D eigenvalue weighted by Crippen LogP contribution is -2.01. The summed E-state index contributed by atoms with van der Waals surface area (Å²) in [7, 11) is 0. The molecule has 1 aliphatic carbocycles. The van der Waals surface area contributed by atoms with Gasteiger partial charge in [-0.1, -0.05) is 11.6 Å². The van der Waals surface area contributed by atoms with Gasteiger partial charge in [0.25, 0.3) is 0 Å². The first-order valence-corrected chi connectivity index (χ1v) is 5.68. The van der Waals surface area contributed by atoms with E-state index in [1.165, 1.54) is 29.3 Å². The molecule has 1 aromatic heterocycles. The van der Waals surface area contributed by atoms with Gasteiger partial charge in [0.05, 0.1) is 11.2 Å². The van der Waals surface area contributed by atoms with Crippen molar-refractivity contribution in [1.29, 1.82) is 0 Å². The number of aryl methyl sites for hydroxylation is 2. The number of rotatable bonds is 2. The number of fused-ring (bicyclic) bond motifs is 1. The van der Waals surface area contributed by atoms with Crippen LogP contribution in [0, 0.1) is 19.8 Å². The molecule has 0 saturated heterocycles. The fourth-order valence-electron chi connectivity index (χ4n) is 2.14. The van der Waals surface area contributed by atoms with E-state index >= 15 is 0 Å². The van der Waals surface area contributed by atoms with Crippen LogP contribution < -0.4 is 0 Å². The van der Waals surface area contributed by atoms with E-state index < -0.39 is 0 Å². The Balaban J connectivity index is 2.13. The third-order valence-electron chi connectivity index (χ3n) is 3.22. The zero-order valence-electron chi connectivity index (χ0n) is 9.33. The first kappa shape index (κ1) is 8.96. The summed E-state index contributed by atoms with van der Waals surface area (Å²) >= 11 is 0. The van der Waals surface area contributed by atoms with Crippen molar-refractivity contribution in [3.05, 3.63) is 29.5 Å². The minimum atomic E-state index is 0.883. The van der Waals surface area contributed by atoms with Crippen molar-refractivity contribution < 1.29 is 0 Å². The second-order valence-corrected chi connectivity index (χ2v) is 4.73. The molecule has 0 N–H and O–H groups in total. The average Bonchev–Trinajstić information content (AvgIpc) is 2.95. The lowest BCUT2D eigenvalue weighted by molar-refractivity contribution is 0.576. The van der Waals surface area contributed by atoms with Gasteiger partial charge in [0.15, 0.2) is 0 Å². The average molecular weight is 200 g/mol. The van der Waals surface area contributed by atoms with Gasteiger partial charge in [-0.05, 0) is 44.7 Å². The van der Waals surface area contributed by atoms with Crippen molar-refractivity contribution in [2.45, 2.75) is 33.2 Å². The third kappa shape index (κ3) is 1.54. The van der Waals surface area contributed by atoms with Crippen LogP contribution in [0.25, 0.3) is 10.9 Å². The van der Waals surface area contributed by atoms with Crippen molar-refractivity contribution in [2.75, 3.05) is 0 Å².